The van der Waals surface area contributed by atoms with Crippen molar-refractivity contribution in [1.82, 2.24) is 0 Å². The van der Waals surface area contributed by atoms with Crippen molar-refractivity contribution < 1.29 is 12.8 Å². The van der Waals surface area contributed by atoms with E-state index in [4.69, 9.17) is 4.42 Å². The summed E-state index contributed by atoms with van der Waals surface area (Å²) in [6, 6.07) is 25.2. The molecule has 1 fully saturated rings. The maximum Gasteiger partial charge on any atom is 0.191 e. The number of benzene rings is 3. The summed E-state index contributed by atoms with van der Waals surface area (Å²) in [5.74, 6) is 0.257. The minimum atomic E-state index is -3.86. The van der Waals surface area contributed by atoms with E-state index >= 15 is 0 Å². The predicted molar refractivity (Wildman–Crippen MR) is 134 cm³/mol. The Bertz CT molecular complexity index is 1510. The topological polar surface area (TPSA) is 64.3 Å². The molecular formula is C29H26O4S. The Balaban J connectivity index is 1.70. The van der Waals surface area contributed by atoms with Crippen LogP contribution in [0.1, 0.15) is 40.4 Å². The van der Waals surface area contributed by atoms with E-state index in [1.165, 1.54) is 12.1 Å². The van der Waals surface area contributed by atoms with Gasteiger partial charge in [-0.25, -0.2) is 8.42 Å². The minimum absolute atomic E-state index is 0.196. The molecule has 5 rings (SSSR count). The van der Waals surface area contributed by atoms with E-state index in [-0.39, 0.29) is 22.0 Å². The Hall–Kier alpha value is -3.44. The molecule has 1 saturated carbocycles. The molecule has 34 heavy (non-hydrogen) atoms. The highest BCUT2D eigenvalue weighted by Gasteiger charge is 2.67. The fraction of sp³-hybridized carbons (Fsp3) is 0.207. The van der Waals surface area contributed by atoms with Crippen molar-refractivity contribution in [2.24, 2.45) is 0 Å². The van der Waals surface area contributed by atoms with Gasteiger partial charge in [-0.1, -0.05) is 77.4 Å². The van der Waals surface area contributed by atoms with E-state index in [9.17, 15) is 13.2 Å². The van der Waals surface area contributed by atoms with Crippen LogP contribution in [-0.4, -0.2) is 8.42 Å². The number of sulfone groups is 1. The van der Waals surface area contributed by atoms with Crippen molar-refractivity contribution in [3.63, 3.8) is 0 Å². The summed E-state index contributed by atoms with van der Waals surface area (Å²) in [5.41, 5.74) is 4.55. The van der Waals surface area contributed by atoms with Crippen LogP contribution in [-0.2, 0) is 14.6 Å². The monoisotopic (exact) mass is 470 g/mol. The van der Waals surface area contributed by atoms with Crippen LogP contribution in [0.2, 0.25) is 0 Å². The zero-order valence-corrected chi connectivity index (χ0v) is 20.2. The normalized spacial score (nSPS) is 19.7. The van der Waals surface area contributed by atoms with Crippen LogP contribution in [0, 0.1) is 20.8 Å². The molecule has 1 aromatic heterocycles. The summed E-state index contributed by atoms with van der Waals surface area (Å²) >= 11 is 0. The van der Waals surface area contributed by atoms with Gasteiger partial charge in [-0.3, -0.25) is 4.79 Å². The summed E-state index contributed by atoms with van der Waals surface area (Å²) in [7, 11) is -3.86. The van der Waals surface area contributed by atoms with Crippen molar-refractivity contribution in [2.75, 3.05) is 0 Å². The van der Waals surface area contributed by atoms with Gasteiger partial charge in [0.1, 0.15) is 16.3 Å². The lowest BCUT2D eigenvalue weighted by Gasteiger charge is -2.19. The highest BCUT2D eigenvalue weighted by atomic mass is 32.2. The van der Waals surface area contributed by atoms with E-state index in [1.54, 1.807) is 24.3 Å². The lowest BCUT2D eigenvalue weighted by molar-refractivity contribution is 0.476. The third-order valence-electron chi connectivity index (χ3n) is 6.72. The van der Waals surface area contributed by atoms with Gasteiger partial charge in [0.2, 0.25) is 0 Å². The molecule has 0 radical (unpaired) electrons. The van der Waals surface area contributed by atoms with E-state index in [2.05, 4.69) is 0 Å². The Kier molecular flexibility index (Phi) is 5.33. The SMILES string of the molecule is Cc1ccc(-c2cc(=O)cc([C@@]3(S(=O)(=O)c4ccc(C)cc4)C[C@H]3c3ccc(C)cc3)o2)cc1. The number of hydrogen-bond acceptors (Lipinski definition) is 4. The molecule has 1 aliphatic carbocycles. The number of rotatable bonds is 5. The molecule has 4 aromatic rings. The number of aryl methyl sites for hydroxylation is 3. The van der Waals surface area contributed by atoms with Crippen LogP contribution < -0.4 is 5.43 Å². The van der Waals surface area contributed by atoms with Gasteiger partial charge >= 0.3 is 0 Å². The summed E-state index contributed by atoms with van der Waals surface area (Å²) in [6.07, 6.45) is 0.354. The first kappa shape index (κ1) is 22.4. The average molecular weight is 471 g/mol. The van der Waals surface area contributed by atoms with Gasteiger partial charge in [0.05, 0.1) is 4.90 Å². The molecule has 2 atom stereocenters. The van der Waals surface area contributed by atoms with Crippen LogP contribution in [0.5, 0.6) is 0 Å². The summed E-state index contributed by atoms with van der Waals surface area (Å²) in [6.45, 7) is 5.90. The molecular weight excluding hydrogens is 444 g/mol. The number of hydrogen-bond donors (Lipinski definition) is 0. The molecule has 1 heterocycles. The quantitative estimate of drug-likeness (QED) is 0.354. The highest BCUT2D eigenvalue weighted by molar-refractivity contribution is 7.92. The Labute approximate surface area is 199 Å². The van der Waals surface area contributed by atoms with Crippen molar-refractivity contribution >= 4 is 9.84 Å². The molecule has 0 saturated heterocycles. The largest absolute Gasteiger partial charge is 0.459 e. The molecule has 172 valence electrons. The molecule has 1 aliphatic rings. The first-order valence-electron chi connectivity index (χ1n) is 11.3. The third kappa shape index (κ3) is 3.70. The molecule has 0 N–H and O–H groups in total. The van der Waals surface area contributed by atoms with Crippen molar-refractivity contribution in [2.45, 2.75) is 42.8 Å². The van der Waals surface area contributed by atoms with Gasteiger partial charge in [0.25, 0.3) is 0 Å². The smallest absolute Gasteiger partial charge is 0.191 e. The van der Waals surface area contributed by atoms with E-state index in [1.807, 2.05) is 69.3 Å². The Morgan fingerprint density at radius 3 is 1.88 bits per heavy atom. The highest BCUT2D eigenvalue weighted by Crippen LogP contribution is 2.65. The van der Waals surface area contributed by atoms with Crippen LogP contribution >= 0.6 is 0 Å². The second-order valence-corrected chi connectivity index (χ2v) is 11.5. The first-order valence-corrected chi connectivity index (χ1v) is 12.8. The van der Waals surface area contributed by atoms with Gasteiger partial charge in [-0.2, -0.15) is 0 Å². The van der Waals surface area contributed by atoms with E-state index in [0.717, 1.165) is 27.8 Å². The Morgan fingerprint density at radius 2 is 1.29 bits per heavy atom. The molecule has 0 amide bonds. The molecule has 0 spiro atoms. The first-order chi connectivity index (χ1) is 16.2. The second-order valence-electron chi connectivity index (χ2n) is 9.26. The lowest BCUT2D eigenvalue weighted by atomic mass is 10.1. The van der Waals surface area contributed by atoms with Crippen molar-refractivity contribution in [1.29, 1.82) is 0 Å². The van der Waals surface area contributed by atoms with Gasteiger partial charge in [-0.15, -0.1) is 0 Å². The average Bonchev–Trinajstić information content (AvgIpc) is 3.58. The zero-order chi connectivity index (χ0) is 24.1. The molecule has 4 nitrogen and oxygen atoms in total. The lowest BCUT2D eigenvalue weighted by Crippen LogP contribution is -2.25. The van der Waals surface area contributed by atoms with Crippen LogP contribution in [0.3, 0.4) is 0 Å². The fourth-order valence-corrected chi connectivity index (χ4v) is 6.78. The molecule has 0 aliphatic heterocycles. The maximum atomic E-state index is 14.1. The molecule has 0 unspecified atom stereocenters. The van der Waals surface area contributed by atoms with Gasteiger partial charge < -0.3 is 4.42 Å². The summed E-state index contributed by atoms with van der Waals surface area (Å²) in [5, 5.41) is 0. The predicted octanol–water partition coefficient (Wildman–Crippen LogP) is 6.09. The van der Waals surface area contributed by atoms with Crippen LogP contribution in [0.25, 0.3) is 11.3 Å². The van der Waals surface area contributed by atoms with E-state index in [0.29, 0.717) is 12.2 Å². The van der Waals surface area contributed by atoms with Crippen molar-refractivity contribution in [3.05, 3.63) is 123 Å². The van der Waals surface area contributed by atoms with Gasteiger partial charge in [0, 0.05) is 23.6 Å². The fourth-order valence-electron chi connectivity index (χ4n) is 4.61. The van der Waals surface area contributed by atoms with Crippen molar-refractivity contribution in [3.8, 4) is 11.3 Å². The van der Waals surface area contributed by atoms with Crippen LogP contribution in [0.15, 0.2) is 99.0 Å². The zero-order valence-electron chi connectivity index (χ0n) is 19.4. The molecule has 0 bridgehead atoms. The minimum Gasteiger partial charge on any atom is -0.459 e. The summed E-state index contributed by atoms with van der Waals surface area (Å²) < 4.78 is 33.1. The second kappa shape index (κ2) is 8.10. The Morgan fingerprint density at radius 1 is 0.765 bits per heavy atom. The van der Waals surface area contributed by atoms with Gasteiger partial charge in [-0.05, 0) is 44.9 Å². The third-order valence-corrected chi connectivity index (χ3v) is 9.22. The molecule has 3 aromatic carbocycles. The maximum absolute atomic E-state index is 14.1. The van der Waals surface area contributed by atoms with Gasteiger partial charge in [0.15, 0.2) is 15.3 Å². The van der Waals surface area contributed by atoms with Crippen LogP contribution in [0.4, 0.5) is 0 Å². The summed E-state index contributed by atoms with van der Waals surface area (Å²) in [4.78, 5) is 13.0. The standard InChI is InChI=1S/C29H26O4S/c1-19-4-10-22(11-5-19)26-18-29(26,34(31,32)25-14-8-21(3)9-15-25)28-17-24(30)16-27(33-28)23-12-6-20(2)7-13-23/h4-17,26H,18H2,1-3H3/t26-,29+/m0/s1. The molecule has 5 heteroatoms. The van der Waals surface area contributed by atoms with E-state index < -0.39 is 14.6 Å².